The molecule has 1 aliphatic rings. The largest absolute Gasteiger partial charge is 0.480 e. The number of carboxylic acid groups (broad SMARTS) is 1. The Kier molecular flexibility index (Phi) is 6.70. The Bertz CT molecular complexity index is 302. The van der Waals surface area contributed by atoms with Gasteiger partial charge in [-0.3, -0.25) is 0 Å². The minimum absolute atomic E-state index is 0.166. The van der Waals surface area contributed by atoms with Gasteiger partial charge in [0.05, 0.1) is 0 Å². The van der Waals surface area contributed by atoms with E-state index in [0.717, 1.165) is 17.3 Å². The van der Waals surface area contributed by atoms with Gasteiger partial charge in [-0.15, -0.1) is 0 Å². The van der Waals surface area contributed by atoms with Crippen molar-refractivity contribution in [3.8, 4) is 0 Å². The van der Waals surface area contributed by atoms with E-state index in [9.17, 15) is 9.59 Å². The molecule has 1 rings (SSSR count). The van der Waals surface area contributed by atoms with E-state index in [-0.39, 0.29) is 12.1 Å². The summed E-state index contributed by atoms with van der Waals surface area (Å²) in [5.74, 6) is 1.59. The van der Waals surface area contributed by atoms with Crippen molar-refractivity contribution in [3.05, 3.63) is 0 Å². The summed E-state index contributed by atoms with van der Waals surface area (Å²) >= 11 is 3.40. The average Bonchev–Trinajstić information content (AvgIpc) is 2.34. The number of hydrogen-bond acceptors (Lipinski definition) is 4. The van der Waals surface area contributed by atoms with Gasteiger partial charge in [0.25, 0.3) is 0 Å². The van der Waals surface area contributed by atoms with Crippen molar-refractivity contribution >= 4 is 35.5 Å². The summed E-state index contributed by atoms with van der Waals surface area (Å²) in [5.41, 5.74) is 0. The van der Waals surface area contributed by atoms with Crippen molar-refractivity contribution in [1.29, 1.82) is 0 Å². The second-order valence-corrected chi connectivity index (χ2v) is 6.37. The third kappa shape index (κ3) is 4.61. The smallest absolute Gasteiger partial charge is 0.326 e. The highest BCUT2D eigenvalue weighted by atomic mass is 32.2. The number of carboxylic acids is 1. The Morgan fingerprint density at radius 2 is 2.33 bits per heavy atom. The number of nitrogens with zero attached hydrogens (tertiary/aromatic N) is 1. The maximum Gasteiger partial charge on any atom is 0.326 e. The molecule has 2 amide bonds. The Morgan fingerprint density at radius 3 is 2.89 bits per heavy atom. The zero-order valence-electron chi connectivity index (χ0n) is 10.7. The van der Waals surface area contributed by atoms with Crippen molar-refractivity contribution < 1.29 is 14.7 Å². The first kappa shape index (κ1) is 15.5. The van der Waals surface area contributed by atoms with Crippen LogP contribution in [0.5, 0.6) is 0 Å². The van der Waals surface area contributed by atoms with Crippen LogP contribution in [0.25, 0.3) is 0 Å². The molecule has 0 bridgehead atoms. The van der Waals surface area contributed by atoms with Crippen LogP contribution >= 0.6 is 23.5 Å². The molecule has 1 heterocycles. The highest BCUT2D eigenvalue weighted by Gasteiger charge is 2.27. The first-order valence-corrected chi connectivity index (χ1v) is 8.47. The maximum absolute atomic E-state index is 12.0. The third-order valence-corrected chi connectivity index (χ3v) is 4.67. The topological polar surface area (TPSA) is 69.6 Å². The van der Waals surface area contributed by atoms with Gasteiger partial charge in [0.1, 0.15) is 6.04 Å². The summed E-state index contributed by atoms with van der Waals surface area (Å²) in [6.45, 7) is 2.68. The molecule has 1 aliphatic heterocycles. The predicted octanol–water partition coefficient (Wildman–Crippen LogP) is 1.34. The number of urea groups is 1. The number of thioether (sulfide) groups is 2. The zero-order valence-corrected chi connectivity index (χ0v) is 12.4. The number of rotatable bonds is 5. The molecule has 0 aromatic heterocycles. The van der Waals surface area contributed by atoms with Crippen LogP contribution in [0.3, 0.4) is 0 Å². The Balaban J connectivity index is 2.51. The molecule has 7 heteroatoms. The fraction of sp³-hybridized carbons (Fsp3) is 0.818. The molecule has 1 saturated heterocycles. The van der Waals surface area contributed by atoms with E-state index in [0.29, 0.717) is 13.0 Å². The Morgan fingerprint density at radius 1 is 1.61 bits per heavy atom. The van der Waals surface area contributed by atoms with E-state index in [1.54, 1.807) is 16.7 Å². The number of amides is 2. The lowest BCUT2D eigenvalue weighted by Gasteiger charge is -2.33. The minimum atomic E-state index is -0.962. The van der Waals surface area contributed by atoms with Crippen LogP contribution in [0.2, 0.25) is 0 Å². The van der Waals surface area contributed by atoms with Crippen LogP contribution in [-0.4, -0.2) is 64.1 Å². The minimum Gasteiger partial charge on any atom is -0.480 e. The molecule has 18 heavy (non-hydrogen) atoms. The van der Waals surface area contributed by atoms with Gasteiger partial charge >= 0.3 is 12.0 Å². The van der Waals surface area contributed by atoms with Crippen molar-refractivity contribution in [3.63, 3.8) is 0 Å². The van der Waals surface area contributed by atoms with E-state index < -0.39 is 12.0 Å². The normalized spacial score (nSPS) is 21.4. The number of aliphatic carboxylic acids is 1. The van der Waals surface area contributed by atoms with E-state index in [1.165, 1.54) is 0 Å². The third-order valence-electron chi connectivity index (χ3n) is 2.83. The van der Waals surface area contributed by atoms with Crippen molar-refractivity contribution in [2.75, 3.05) is 30.1 Å². The van der Waals surface area contributed by atoms with Crippen LogP contribution in [0, 0.1) is 0 Å². The SMILES string of the molecule is CSCC[C@@H](NC(=O)N1CCSCC1C)C(=O)O. The summed E-state index contributed by atoms with van der Waals surface area (Å²) in [7, 11) is 0. The van der Waals surface area contributed by atoms with Gasteiger partial charge in [-0.25, -0.2) is 9.59 Å². The molecular formula is C11H20N2O3S2. The second kappa shape index (κ2) is 7.78. The van der Waals surface area contributed by atoms with Gasteiger partial charge in [-0.05, 0) is 25.4 Å². The summed E-state index contributed by atoms with van der Waals surface area (Å²) in [6, 6.07) is -0.873. The van der Waals surface area contributed by atoms with Gasteiger partial charge < -0.3 is 15.3 Å². The number of nitrogens with one attached hydrogen (secondary N) is 1. The van der Waals surface area contributed by atoms with Crippen LogP contribution < -0.4 is 5.32 Å². The lowest BCUT2D eigenvalue weighted by molar-refractivity contribution is -0.139. The summed E-state index contributed by atoms with van der Waals surface area (Å²) in [5, 5.41) is 11.7. The second-order valence-electron chi connectivity index (χ2n) is 4.24. The molecule has 0 spiro atoms. The first-order chi connectivity index (χ1) is 8.56. The molecule has 0 aromatic carbocycles. The average molecular weight is 292 g/mol. The van der Waals surface area contributed by atoms with E-state index in [2.05, 4.69) is 5.32 Å². The van der Waals surface area contributed by atoms with E-state index >= 15 is 0 Å². The van der Waals surface area contributed by atoms with E-state index in [4.69, 9.17) is 5.11 Å². The molecule has 1 unspecified atom stereocenters. The molecule has 104 valence electrons. The van der Waals surface area contributed by atoms with Gasteiger partial charge in [0.2, 0.25) is 0 Å². The van der Waals surface area contributed by atoms with Crippen LogP contribution in [0.4, 0.5) is 4.79 Å². The molecule has 2 N–H and O–H groups in total. The summed E-state index contributed by atoms with van der Waals surface area (Å²) in [6.07, 6.45) is 2.38. The van der Waals surface area contributed by atoms with Crippen LogP contribution in [-0.2, 0) is 4.79 Å². The van der Waals surface area contributed by atoms with Crippen molar-refractivity contribution in [1.82, 2.24) is 10.2 Å². The lowest BCUT2D eigenvalue weighted by atomic mass is 10.2. The van der Waals surface area contributed by atoms with Gasteiger partial charge in [0, 0.05) is 24.1 Å². The molecular weight excluding hydrogens is 272 g/mol. The monoisotopic (exact) mass is 292 g/mol. The Hall–Kier alpha value is -0.560. The zero-order chi connectivity index (χ0) is 13.5. The van der Waals surface area contributed by atoms with Gasteiger partial charge in [-0.1, -0.05) is 0 Å². The quantitative estimate of drug-likeness (QED) is 0.800. The molecule has 0 saturated carbocycles. The molecule has 0 radical (unpaired) electrons. The van der Waals surface area contributed by atoms with Crippen molar-refractivity contribution in [2.45, 2.75) is 25.4 Å². The highest BCUT2D eigenvalue weighted by molar-refractivity contribution is 7.99. The predicted molar refractivity (Wildman–Crippen MR) is 76.4 cm³/mol. The summed E-state index contributed by atoms with van der Waals surface area (Å²) in [4.78, 5) is 24.8. The molecule has 0 aromatic rings. The first-order valence-electron chi connectivity index (χ1n) is 5.93. The molecule has 0 aliphatic carbocycles. The maximum atomic E-state index is 12.0. The number of hydrogen-bond donors (Lipinski definition) is 2. The molecule has 5 nitrogen and oxygen atoms in total. The van der Waals surface area contributed by atoms with Crippen LogP contribution in [0.1, 0.15) is 13.3 Å². The lowest BCUT2D eigenvalue weighted by Crippen LogP contribution is -2.53. The summed E-state index contributed by atoms with van der Waals surface area (Å²) < 4.78 is 0. The van der Waals surface area contributed by atoms with Gasteiger partial charge in [0.15, 0.2) is 0 Å². The van der Waals surface area contributed by atoms with Gasteiger partial charge in [-0.2, -0.15) is 23.5 Å². The standard InChI is InChI=1S/C11H20N2O3S2/c1-8-7-18-6-4-13(8)11(16)12-9(10(14)15)3-5-17-2/h8-9H,3-7H2,1-2H3,(H,12,16)(H,14,15)/t8?,9-/m1/s1. The number of carbonyl (C=O) groups excluding carboxylic acids is 1. The van der Waals surface area contributed by atoms with Crippen molar-refractivity contribution in [2.24, 2.45) is 0 Å². The van der Waals surface area contributed by atoms with E-state index in [1.807, 2.05) is 24.9 Å². The Labute approximate surface area is 116 Å². The highest BCUT2D eigenvalue weighted by Crippen LogP contribution is 2.16. The molecule has 2 atom stereocenters. The fourth-order valence-corrected chi connectivity index (χ4v) is 3.24. The molecule has 1 fully saturated rings. The fourth-order valence-electron chi connectivity index (χ4n) is 1.75. The number of carbonyl (C=O) groups is 2. The van der Waals surface area contributed by atoms with Crippen LogP contribution in [0.15, 0.2) is 0 Å².